The SMILES string of the molecule is CCCCCCc1ccc(-c2c(O)c(/C(C)=N/NC(=O)c3ccccc3)nn2C)cc1. The molecule has 0 spiro atoms. The largest absolute Gasteiger partial charge is 0.504 e. The van der Waals surface area contributed by atoms with E-state index in [9.17, 15) is 9.90 Å². The van der Waals surface area contributed by atoms with Crippen molar-refractivity contribution < 1.29 is 9.90 Å². The quantitative estimate of drug-likeness (QED) is 0.289. The van der Waals surface area contributed by atoms with Crippen molar-refractivity contribution in [2.75, 3.05) is 0 Å². The highest BCUT2D eigenvalue weighted by Gasteiger charge is 2.19. The van der Waals surface area contributed by atoms with Gasteiger partial charge in [0.15, 0.2) is 11.4 Å². The van der Waals surface area contributed by atoms with Gasteiger partial charge in [0.1, 0.15) is 5.69 Å². The number of nitrogens with zero attached hydrogens (tertiary/aromatic N) is 3. The van der Waals surface area contributed by atoms with Gasteiger partial charge in [-0.3, -0.25) is 9.48 Å². The second kappa shape index (κ2) is 10.6. The van der Waals surface area contributed by atoms with Crippen LogP contribution in [0.1, 0.15) is 61.1 Å². The molecule has 1 aromatic heterocycles. The normalized spacial score (nSPS) is 11.5. The molecule has 0 aliphatic carbocycles. The van der Waals surface area contributed by atoms with Gasteiger partial charge in [-0.25, -0.2) is 5.43 Å². The number of unbranched alkanes of at least 4 members (excludes halogenated alkanes) is 3. The Hall–Kier alpha value is -3.41. The molecule has 3 aromatic rings. The van der Waals surface area contributed by atoms with E-state index < -0.39 is 0 Å². The molecule has 2 N–H and O–H groups in total. The summed E-state index contributed by atoms with van der Waals surface area (Å²) in [5.41, 5.74) is 6.60. The molecule has 0 bridgehead atoms. The Labute approximate surface area is 183 Å². The van der Waals surface area contributed by atoms with Crippen molar-refractivity contribution in [3.63, 3.8) is 0 Å². The lowest BCUT2D eigenvalue weighted by Crippen LogP contribution is -2.19. The minimum absolute atomic E-state index is 0.0494. The first-order valence-electron chi connectivity index (χ1n) is 10.8. The smallest absolute Gasteiger partial charge is 0.271 e. The molecule has 0 fully saturated rings. The predicted molar refractivity (Wildman–Crippen MR) is 124 cm³/mol. The van der Waals surface area contributed by atoms with Crippen LogP contribution in [0.4, 0.5) is 0 Å². The molecular formula is C25H30N4O2. The third kappa shape index (κ3) is 5.60. The maximum atomic E-state index is 12.2. The van der Waals surface area contributed by atoms with Crippen molar-refractivity contribution >= 4 is 11.6 Å². The highest BCUT2D eigenvalue weighted by molar-refractivity contribution is 6.02. The molecule has 1 amide bonds. The van der Waals surface area contributed by atoms with E-state index in [0.29, 0.717) is 22.7 Å². The Morgan fingerprint density at radius 3 is 2.45 bits per heavy atom. The summed E-state index contributed by atoms with van der Waals surface area (Å²) < 4.78 is 1.64. The van der Waals surface area contributed by atoms with Crippen LogP contribution in [-0.2, 0) is 13.5 Å². The average molecular weight is 419 g/mol. The fourth-order valence-corrected chi connectivity index (χ4v) is 3.51. The minimum atomic E-state index is -0.315. The Morgan fingerprint density at radius 1 is 1.06 bits per heavy atom. The van der Waals surface area contributed by atoms with Gasteiger partial charge in [0, 0.05) is 18.2 Å². The monoisotopic (exact) mass is 418 g/mol. The zero-order chi connectivity index (χ0) is 22.2. The molecule has 6 nitrogen and oxygen atoms in total. The fraction of sp³-hybridized carbons (Fsp3) is 0.320. The highest BCUT2D eigenvalue weighted by atomic mass is 16.3. The van der Waals surface area contributed by atoms with Crippen LogP contribution in [0.15, 0.2) is 59.7 Å². The number of rotatable bonds is 9. The van der Waals surface area contributed by atoms with Gasteiger partial charge in [-0.2, -0.15) is 10.2 Å². The highest BCUT2D eigenvalue weighted by Crippen LogP contribution is 2.32. The first-order chi connectivity index (χ1) is 15.0. The van der Waals surface area contributed by atoms with E-state index in [1.54, 1.807) is 42.9 Å². The summed E-state index contributed by atoms with van der Waals surface area (Å²) in [5.74, 6) is -0.265. The lowest BCUT2D eigenvalue weighted by Gasteiger charge is -2.06. The summed E-state index contributed by atoms with van der Waals surface area (Å²) in [6, 6.07) is 17.1. The zero-order valence-electron chi connectivity index (χ0n) is 18.4. The number of amides is 1. The van der Waals surface area contributed by atoms with E-state index in [0.717, 1.165) is 12.0 Å². The molecule has 0 saturated heterocycles. The van der Waals surface area contributed by atoms with Gasteiger partial charge in [0.05, 0.1) is 5.71 Å². The number of nitrogens with one attached hydrogen (secondary N) is 1. The van der Waals surface area contributed by atoms with Crippen molar-refractivity contribution in [1.82, 2.24) is 15.2 Å². The van der Waals surface area contributed by atoms with Crippen LogP contribution < -0.4 is 5.43 Å². The van der Waals surface area contributed by atoms with Crippen LogP contribution in [0.5, 0.6) is 5.75 Å². The van der Waals surface area contributed by atoms with Gasteiger partial charge in [-0.15, -0.1) is 0 Å². The van der Waals surface area contributed by atoms with Gasteiger partial charge < -0.3 is 5.11 Å². The summed E-state index contributed by atoms with van der Waals surface area (Å²) in [7, 11) is 1.78. The van der Waals surface area contributed by atoms with Crippen LogP contribution in [0.3, 0.4) is 0 Å². The zero-order valence-corrected chi connectivity index (χ0v) is 18.4. The number of aromatic nitrogens is 2. The van der Waals surface area contributed by atoms with Crippen molar-refractivity contribution in [3.05, 3.63) is 71.4 Å². The molecule has 162 valence electrons. The molecule has 0 aliphatic heterocycles. The second-order valence-electron chi connectivity index (χ2n) is 7.68. The number of aromatic hydroxyl groups is 1. The lowest BCUT2D eigenvalue weighted by atomic mass is 10.0. The Morgan fingerprint density at radius 2 is 1.77 bits per heavy atom. The molecule has 2 aromatic carbocycles. The molecule has 31 heavy (non-hydrogen) atoms. The molecular weight excluding hydrogens is 388 g/mol. The Balaban J connectivity index is 1.73. The van der Waals surface area contributed by atoms with Gasteiger partial charge >= 0.3 is 0 Å². The van der Waals surface area contributed by atoms with E-state index in [1.807, 2.05) is 18.2 Å². The molecule has 0 saturated carbocycles. The van der Waals surface area contributed by atoms with E-state index >= 15 is 0 Å². The topological polar surface area (TPSA) is 79.5 Å². The van der Waals surface area contributed by atoms with Crippen LogP contribution in [0, 0.1) is 0 Å². The second-order valence-corrected chi connectivity index (χ2v) is 7.68. The number of benzene rings is 2. The number of hydrazone groups is 1. The van der Waals surface area contributed by atoms with Crippen LogP contribution in [0.25, 0.3) is 11.3 Å². The van der Waals surface area contributed by atoms with Gasteiger partial charge in [-0.1, -0.05) is 68.7 Å². The third-order valence-electron chi connectivity index (χ3n) is 5.27. The number of aryl methyl sites for hydroxylation is 2. The molecule has 0 aliphatic rings. The lowest BCUT2D eigenvalue weighted by molar-refractivity contribution is 0.0955. The fourth-order valence-electron chi connectivity index (χ4n) is 3.51. The molecule has 6 heteroatoms. The van der Waals surface area contributed by atoms with E-state index in [2.05, 4.69) is 34.7 Å². The van der Waals surface area contributed by atoms with Crippen LogP contribution >= 0.6 is 0 Å². The standard InChI is InChI=1S/C25H30N4O2/c1-4-5-6-8-11-19-14-16-20(17-15-19)23-24(30)22(28-29(23)3)18(2)26-27-25(31)21-12-9-7-10-13-21/h7,9-10,12-17,30H,4-6,8,11H2,1-3H3,(H,27,31)/b26-18+. The molecule has 0 atom stereocenters. The van der Waals surface area contributed by atoms with E-state index in [4.69, 9.17) is 0 Å². The number of hydrogen-bond donors (Lipinski definition) is 2. The first-order valence-corrected chi connectivity index (χ1v) is 10.8. The molecule has 0 unspecified atom stereocenters. The van der Waals surface area contributed by atoms with E-state index in [-0.39, 0.29) is 11.7 Å². The number of carbonyl (C=O) groups is 1. The summed E-state index contributed by atoms with van der Waals surface area (Å²) in [6.07, 6.45) is 6.02. The van der Waals surface area contributed by atoms with Crippen molar-refractivity contribution in [1.29, 1.82) is 0 Å². The maximum Gasteiger partial charge on any atom is 0.271 e. The summed E-state index contributed by atoms with van der Waals surface area (Å²) in [5, 5.41) is 19.3. The Bertz CT molecular complexity index is 1040. The van der Waals surface area contributed by atoms with Gasteiger partial charge in [0.2, 0.25) is 0 Å². The molecule has 0 radical (unpaired) electrons. The van der Waals surface area contributed by atoms with E-state index in [1.165, 1.54) is 31.2 Å². The predicted octanol–water partition coefficient (Wildman–Crippen LogP) is 5.07. The first kappa shape index (κ1) is 22.3. The third-order valence-corrected chi connectivity index (χ3v) is 5.27. The van der Waals surface area contributed by atoms with Crippen molar-refractivity contribution in [3.8, 4) is 17.0 Å². The number of hydrogen-bond acceptors (Lipinski definition) is 4. The minimum Gasteiger partial charge on any atom is -0.504 e. The average Bonchev–Trinajstić information content (AvgIpc) is 3.10. The summed E-state index contributed by atoms with van der Waals surface area (Å²) in [6.45, 7) is 3.92. The summed E-state index contributed by atoms with van der Waals surface area (Å²) >= 11 is 0. The van der Waals surface area contributed by atoms with Crippen LogP contribution in [-0.4, -0.2) is 26.5 Å². The molecule has 3 rings (SSSR count). The van der Waals surface area contributed by atoms with Gasteiger partial charge in [0.25, 0.3) is 5.91 Å². The van der Waals surface area contributed by atoms with Crippen LogP contribution in [0.2, 0.25) is 0 Å². The number of carbonyl (C=O) groups excluding carboxylic acids is 1. The van der Waals surface area contributed by atoms with Crippen molar-refractivity contribution in [2.45, 2.75) is 46.0 Å². The summed E-state index contributed by atoms with van der Waals surface area (Å²) in [4.78, 5) is 12.2. The Kier molecular flexibility index (Phi) is 7.60. The molecule has 1 heterocycles. The van der Waals surface area contributed by atoms with Crippen molar-refractivity contribution in [2.24, 2.45) is 12.1 Å². The van der Waals surface area contributed by atoms with Gasteiger partial charge in [-0.05, 0) is 37.5 Å². The maximum absolute atomic E-state index is 12.2.